The van der Waals surface area contributed by atoms with Gasteiger partial charge in [0.15, 0.2) is 0 Å². The summed E-state index contributed by atoms with van der Waals surface area (Å²) in [6.45, 7) is 0. The van der Waals surface area contributed by atoms with Crippen LogP contribution in [0.25, 0.3) is 0 Å². The quantitative estimate of drug-likeness (QED) is 0.684. The van der Waals surface area contributed by atoms with Gasteiger partial charge in [0.1, 0.15) is 28.9 Å². The number of nitrogen functional groups attached to an aromatic ring is 1. The molecule has 3 aromatic rings. The molecule has 1 aliphatic heterocycles. The van der Waals surface area contributed by atoms with Gasteiger partial charge in [0.25, 0.3) is 0 Å². The summed E-state index contributed by atoms with van der Waals surface area (Å²) < 4.78 is 11.5. The van der Waals surface area contributed by atoms with Crippen LogP contribution in [0.15, 0.2) is 84.3 Å². The van der Waals surface area contributed by atoms with Crippen LogP contribution in [0.4, 0.5) is 5.69 Å². The molecule has 1 heterocycles. The second-order valence-corrected chi connectivity index (χ2v) is 6.21. The Balaban J connectivity index is 1.78. The fraction of sp³-hybridized carbons (Fsp3) is 0.0455. The lowest BCUT2D eigenvalue weighted by atomic mass is 9.83. The Morgan fingerprint density at radius 1 is 0.889 bits per heavy atom. The number of para-hydroxylation sites is 1. The molecule has 0 spiro atoms. The maximum atomic E-state index is 9.65. The van der Waals surface area contributed by atoms with Gasteiger partial charge in [-0.1, -0.05) is 36.4 Å². The Bertz CT molecular complexity index is 1070. The second kappa shape index (κ2) is 6.77. The van der Waals surface area contributed by atoms with Gasteiger partial charge in [0, 0.05) is 17.3 Å². The Morgan fingerprint density at radius 2 is 1.67 bits per heavy atom. The molecule has 132 valence electrons. The maximum Gasteiger partial charge on any atom is 0.205 e. The van der Waals surface area contributed by atoms with E-state index in [4.69, 9.17) is 20.9 Å². The van der Waals surface area contributed by atoms with Crippen molar-refractivity contribution in [3.8, 4) is 23.3 Å². The Hall–Kier alpha value is -3.91. The van der Waals surface area contributed by atoms with Gasteiger partial charge in [0.2, 0.25) is 5.88 Å². The normalized spacial score (nSPS) is 15.4. The van der Waals surface area contributed by atoms with Crippen molar-refractivity contribution in [1.82, 2.24) is 0 Å². The van der Waals surface area contributed by atoms with Crippen LogP contribution < -0.4 is 20.9 Å². The Kier molecular flexibility index (Phi) is 4.15. The van der Waals surface area contributed by atoms with Crippen molar-refractivity contribution >= 4 is 5.69 Å². The summed E-state index contributed by atoms with van der Waals surface area (Å²) in [6, 6.07) is 24.7. The predicted octanol–water partition coefficient (Wildman–Crippen LogP) is 4.28. The predicted molar refractivity (Wildman–Crippen MR) is 103 cm³/mol. The molecule has 0 aromatic heterocycles. The average Bonchev–Trinajstić information content (AvgIpc) is 2.68. The molecule has 0 aliphatic carbocycles. The number of nitriles is 1. The maximum absolute atomic E-state index is 9.65. The number of fused-ring (bicyclic) bond motifs is 1. The zero-order valence-electron chi connectivity index (χ0n) is 14.4. The summed E-state index contributed by atoms with van der Waals surface area (Å²) >= 11 is 0. The number of hydrogen-bond acceptors (Lipinski definition) is 5. The lowest BCUT2D eigenvalue weighted by Crippen LogP contribution is -2.21. The van der Waals surface area contributed by atoms with Crippen molar-refractivity contribution in [1.29, 1.82) is 5.26 Å². The van der Waals surface area contributed by atoms with Gasteiger partial charge >= 0.3 is 0 Å². The van der Waals surface area contributed by atoms with E-state index in [-0.39, 0.29) is 11.8 Å². The third kappa shape index (κ3) is 3.16. The molecule has 4 N–H and O–H groups in total. The number of hydrogen-bond donors (Lipinski definition) is 2. The van der Waals surface area contributed by atoms with Gasteiger partial charge in [0.05, 0.1) is 5.92 Å². The number of rotatable bonds is 3. The SMILES string of the molecule is N#CC1=C(N)Oc2cc(N)ccc2[C@@H]1c1cccc(Oc2ccccc2)c1. The summed E-state index contributed by atoms with van der Waals surface area (Å²) in [5.74, 6) is 1.72. The minimum absolute atomic E-state index is 0.0926. The molecular formula is C22H17N3O2. The molecule has 5 nitrogen and oxygen atoms in total. The van der Waals surface area contributed by atoms with E-state index in [1.54, 1.807) is 12.1 Å². The van der Waals surface area contributed by atoms with E-state index in [1.165, 1.54) is 0 Å². The highest BCUT2D eigenvalue weighted by atomic mass is 16.5. The van der Waals surface area contributed by atoms with Gasteiger partial charge < -0.3 is 20.9 Å². The van der Waals surface area contributed by atoms with Crippen LogP contribution in [0, 0.1) is 11.3 Å². The van der Waals surface area contributed by atoms with Crippen molar-refractivity contribution in [3.63, 3.8) is 0 Å². The summed E-state index contributed by atoms with van der Waals surface area (Å²) in [4.78, 5) is 0. The molecule has 5 heteroatoms. The van der Waals surface area contributed by atoms with Crippen LogP contribution in [0.2, 0.25) is 0 Å². The van der Waals surface area contributed by atoms with E-state index >= 15 is 0 Å². The third-order valence-corrected chi connectivity index (χ3v) is 4.41. The molecule has 0 saturated carbocycles. The highest BCUT2D eigenvalue weighted by Crippen LogP contribution is 2.43. The molecule has 1 aliphatic rings. The topological polar surface area (TPSA) is 94.3 Å². The van der Waals surface area contributed by atoms with Crippen molar-refractivity contribution < 1.29 is 9.47 Å². The minimum Gasteiger partial charge on any atom is -0.457 e. The third-order valence-electron chi connectivity index (χ3n) is 4.41. The molecule has 0 amide bonds. The van der Waals surface area contributed by atoms with Gasteiger partial charge in [-0.2, -0.15) is 5.26 Å². The van der Waals surface area contributed by atoms with Crippen molar-refractivity contribution in [3.05, 3.63) is 95.4 Å². The molecule has 0 bridgehead atoms. The van der Waals surface area contributed by atoms with E-state index in [1.807, 2.05) is 60.7 Å². The zero-order valence-corrected chi connectivity index (χ0v) is 14.4. The molecule has 0 radical (unpaired) electrons. The summed E-state index contributed by atoms with van der Waals surface area (Å²) in [5.41, 5.74) is 14.5. The fourth-order valence-electron chi connectivity index (χ4n) is 3.20. The van der Waals surface area contributed by atoms with E-state index in [0.717, 1.165) is 16.9 Å². The van der Waals surface area contributed by atoms with E-state index in [0.29, 0.717) is 22.8 Å². The standard InChI is InChI=1S/C22H17N3O2/c23-13-19-21(18-10-9-15(24)12-20(18)27-22(19)25)14-5-4-8-17(11-14)26-16-6-2-1-3-7-16/h1-12,21H,24-25H2/t21-/m0/s1. The van der Waals surface area contributed by atoms with Gasteiger partial charge in [-0.15, -0.1) is 0 Å². The first-order chi connectivity index (χ1) is 13.2. The number of benzene rings is 3. The van der Waals surface area contributed by atoms with Crippen LogP contribution in [0.3, 0.4) is 0 Å². The van der Waals surface area contributed by atoms with E-state index in [2.05, 4.69) is 6.07 Å². The smallest absolute Gasteiger partial charge is 0.205 e. The second-order valence-electron chi connectivity index (χ2n) is 6.21. The Labute approximate surface area is 157 Å². The zero-order chi connectivity index (χ0) is 18.8. The average molecular weight is 355 g/mol. The van der Waals surface area contributed by atoms with Crippen molar-refractivity contribution in [2.24, 2.45) is 5.73 Å². The first-order valence-electron chi connectivity index (χ1n) is 8.45. The highest BCUT2D eigenvalue weighted by Gasteiger charge is 2.30. The number of nitrogens with two attached hydrogens (primary N) is 2. The number of anilines is 1. The Morgan fingerprint density at radius 3 is 2.44 bits per heavy atom. The largest absolute Gasteiger partial charge is 0.457 e. The summed E-state index contributed by atoms with van der Waals surface area (Å²) in [5, 5.41) is 9.65. The van der Waals surface area contributed by atoms with Crippen molar-refractivity contribution in [2.45, 2.75) is 5.92 Å². The van der Waals surface area contributed by atoms with Crippen molar-refractivity contribution in [2.75, 3.05) is 5.73 Å². The summed E-state index contributed by atoms with van der Waals surface area (Å²) in [6.07, 6.45) is 0. The van der Waals surface area contributed by atoms with Crippen LogP contribution in [-0.4, -0.2) is 0 Å². The first kappa shape index (κ1) is 16.6. The molecule has 1 atom stereocenters. The molecule has 4 rings (SSSR count). The van der Waals surface area contributed by atoms with Crippen LogP contribution in [0.1, 0.15) is 17.0 Å². The van der Waals surface area contributed by atoms with Gasteiger partial charge in [-0.05, 0) is 35.9 Å². The fourth-order valence-corrected chi connectivity index (χ4v) is 3.20. The monoisotopic (exact) mass is 355 g/mol. The van der Waals surface area contributed by atoms with Gasteiger partial charge in [-0.25, -0.2) is 0 Å². The molecule has 0 saturated heterocycles. The molecule has 0 unspecified atom stereocenters. The molecule has 0 fully saturated rings. The minimum atomic E-state index is -0.348. The highest BCUT2D eigenvalue weighted by molar-refractivity contribution is 5.60. The lowest BCUT2D eigenvalue weighted by molar-refractivity contribution is 0.394. The van der Waals surface area contributed by atoms with E-state index in [9.17, 15) is 5.26 Å². The number of nitrogens with zero attached hydrogens (tertiary/aromatic N) is 1. The molecule has 3 aromatic carbocycles. The van der Waals surface area contributed by atoms with Crippen LogP contribution >= 0.6 is 0 Å². The number of allylic oxidation sites excluding steroid dienone is 1. The first-order valence-corrected chi connectivity index (χ1v) is 8.45. The lowest BCUT2D eigenvalue weighted by Gasteiger charge is -2.26. The van der Waals surface area contributed by atoms with Crippen LogP contribution in [0.5, 0.6) is 17.2 Å². The summed E-state index contributed by atoms with van der Waals surface area (Å²) in [7, 11) is 0. The van der Waals surface area contributed by atoms with Gasteiger partial charge in [-0.3, -0.25) is 0 Å². The van der Waals surface area contributed by atoms with Crippen LogP contribution in [-0.2, 0) is 0 Å². The molecule has 27 heavy (non-hydrogen) atoms. The number of ether oxygens (including phenoxy) is 2. The van der Waals surface area contributed by atoms with E-state index < -0.39 is 0 Å². The molecular weight excluding hydrogens is 338 g/mol.